The summed E-state index contributed by atoms with van der Waals surface area (Å²) in [4.78, 5) is 53.9. The molecule has 0 aliphatic rings. The van der Waals surface area contributed by atoms with Crippen molar-refractivity contribution >= 4 is 33.5 Å². The highest BCUT2D eigenvalue weighted by Crippen LogP contribution is 2.12. The summed E-state index contributed by atoms with van der Waals surface area (Å²) in [6.07, 6.45) is 1.22. The molecule has 0 aliphatic heterocycles. The Morgan fingerprint density at radius 2 is 1.25 bits per heavy atom. The number of nitrogens with two attached hydrogens (primary N) is 1. The molecule has 0 aliphatic carbocycles. The number of ketones is 1. The van der Waals surface area contributed by atoms with Gasteiger partial charge in [0.15, 0.2) is 5.78 Å². The molecule has 0 fully saturated rings. The summed E-state index contributed by atoms with van der Waals surface area (Å²) in [5.41, 5.74) is 9.76. The number of carbonyl (C=O) groups is 4. The highest BCUT2D eigenvalue weighted by atomic mass is 32.2. The molecule has 0 spiro atoms. The molecule has 0 aromatic heterocycles. The van der Waals surface area contributed by atoms with E-state index < -0.39 is 27.9 Å². The van der Waals surface area contributed by atoms with Crippen molar-refractivity contribution in [3.63, 3.8) is 0 Å². The zero-order chi connectivity index (χ0) is 37.6. The minimum Gasteiger partial charge on any atom is -0.379 e. The number of nitrogens with one attached hydrogen (secondary N) is 3. The van der Waals surface area contributed by atoms with Crippen molar-refractivity contribution in [2.75, 3.05) is 59.3 Å². The summed E-state index contributed by atoms with van der Waals surface area (Å²) < 4.78 is 39.3. The van der Waals surface area contributed by atoms with E-state index in [-0.39, 0.29) is 54.9 Å². The third-order valence-electron chi connectivity index (χ3n) is 7.41. The summed E-state index contributed by atoms with van der Waals surface area (Å²) in [5, 5.41) is 16.8. The molecule has 0 unspecified atom stereocenters. The average molecular weight is 738 g/mol. The largest absolute Gasteiger partial charge is 0.379 e. The second-order valence-electron chi connectivity index (χ2n) is 11.2. The van der Waals surface area contributed by atoms with Crippen molar-refractivity contribution < 1.29 is 41.8 Å². The Labute approximate surface area is 302 Å². The van der Waals surface area contributed by atoms with Gasteiger partial charge in [0.2, 0.25) is 15.9 Å². The zero-order valence-electron chi connectivity index (χ0n) is 28.6. The number of nitrogens with zero attached hydrogens (tertiary/aromatic N) is 3. The van der Waals surface area contributed by atoms with Gasteiger partial charge < -0.3 is 30.2 Å². The van der Waals surface area contributed by atoms with Crippen LogP contribution in [0.2, 0.25) is 0 Å². The number of azide groups is 1. The van der Waals surface area contributed by atoms with Gasteiger partial charge in [-0.05, 0) is 61.2 Å². The number of carbonyl (C=O) groups excluding carboxylic acids is 4. The lowest BCUT2D eigenvalue weighted by molar-refractivity contribution is -0.123. The summed E-state index contributed by atoms with van der Waals surface area (Å²) in [7, 11) is -3.94. The van der Waals surface area contributed by atoms with Gasteiger partial charge in [-0.3, -0.25) is 19.2 Å². The first kappa shape index (κ1) is 41.3. The maximum absolute atomic E-state index is 13.1. The van der Waals surface area contributed by atoms with Crippen LogP contribution in [0.15, 0.2) is 88.9 Å². The SMILES string of the molecule is [N-]=[N+]=NCCOCCOCCOCCNC(=O)[C@H](CCCCNC(=O)c1ccc(C(=O)c2ccccc2)cc1)NC(=O)c1ccc(S(N)(=O)=O)cc1. The second kappa shape index (κ2) is 22.6. The van der Waals surface area contributed by atoms with E-state index in [0.29, 0.717) is 62.5 Å². The fourth-order valence-corrected chi connectivity index (χ4v) is 5.19. The quantitative estimate of drug-likeness (QED) is 0.0347. The van der Waals surface area contributed by atoms with Gasteiger partial charge in [0.25, 0.3) is 11.8 Å². The summed E-state index contributed by atoms with van der Waals surface area (Å²) >= 11 is 0. The Morgan fingerprint density at radius 3 is 1.88 bits per heavy atom. The number of unbranched alkanes of at least 4 members (excludes halogenated alkanes) is 1. The molecule has 17 heteroatoms. The van der Waals surface area contributed by atoms with Crippen molar-refractivity contribution in [2.45, 2.75) is 30.2 Å². The second-order valence-corrected chi connectivity index (χ2v) is 12.8. The van der Waals surface area contributed by atoms with Gasteiger partial charge >= 0.3 is 0 Å². The Morgan fingerprint density at radius 1 is 0.692 bits per heavy atom. The van der Waals surface area contributed by atoms with E-state index in [4.69, 9.17) is 24.9 Å². The minimum atomic E-state index is -3.94. The number of hydrogen-bond acceptors (Lipinski definition) is 10. The molecule has 16 nitrogen and oxygen atoms in total. The maximum atomic E-state index is 13.1. The van der Waals surface area contributed by atoms with Crippen molar-refractivity contribution in [1.82, 2.24) is 16.0 Å². The molecule has 3 aromatic rings. The van der Waals surface area contributed by atoms with Crippen molar-refractivity contribution in [1.29, 1.82) is 0 Å². The van der Waals surface area contributed by atoms with Gasteiger partial charge in [0.05, 0.1) is 44.5 Å². The van der Waals surface area contributed by atoms with Crippen LogP contribution in [-0.4, -0.2) is 97.2 Å². The Kier molecular flexibility index (Phi) is 17.9. The lowest BCUT2D eigenvalue weighted by Gasteiger charge is -2.19. The Balaban J connectivity index is 1.44. The Hall–Kier alpha value is -5.16. The number of primary sulfonamides is 1. The van der Waals surface area contributed by atoms with Crippen LogP contribution in [0.4, 0.5) is 0 Å². The van der Waals surface area contributed by atoms with Crippen LogP contribution < -0.4 is 21.1 Å². The normalized spacial score (nSPS) is 11.6. The third kappa shape index (κ3) is 15.0. The van der Waals surface area contributed by atoms with Crippen LogP contribution >= 0.6 is 0 Å². The van der Waals surface area contributed by atoms with E-state index in [1.165, 1.54) is 24.3 Å². The molecule has 52 heavy (non-hydrogen) atoms. The standard InChI is InChI=1S/C35H43N7O9S/c36-42-40-19-21-50-23-25-51-24-22-49-20-18-39-35(46)31(41-34(45)29-13-15-30(16-14-29)52(37,47)48)8-4-5-17-38-33(44)28-11-9-27(10-12-28)32(43)26-6-2-1-3-7-26/h1-3,6-7,9-16,31H,4-5,8,17-25H2,(H,38,44)(H,39,46)(H,41,45)(H2,37,47,48)/t31-/m0/s1. The first-order valence-corrected chi connectivity index (χ1v) is 18.1. The first-order chi connectivity index (χ1) is 25.1. The molecule has 3 aromatic carbocycles. The van der Waals surface area contributed by atoms with E-state index in [0.717, 1.165) is 0 Å². The fraction of sp³-hybridized carbons (Fsp3) is 0.371. The molecule has 5 N–H and O–H groups in total. The number of rotatable bonds is 24. The van der Waals surface area contributed by atoms with Crippen molar-refractivity contribution in [2.24, 2.45) is 10.3 Å². The van der Waals surface area contributed by atoms with E-state index in [1.807, 2.05) is 6.07 Å². The van der Waals surface area contributed by atoms with Crippen LogP contribution in [0.1, 0.15) is 55.9 Å². The smallest absolute Gasteiger partial charge is 0.251 e. The van der Waals surface area contributed by atoms with Gasteiger partial charge in [-0.25, -0.2) is 13.6 Å². The first-order valence-electron chi connectivity index (χ1n) is 16.5. The lowest BCUT2D eigenvalue weighted by atomic mass is 10.0. The molecule has 0 radical (unpaired) electrons. The van der Waals surface area contributed by atoms with Crippen molar-refractivity contribution in [3.05, 3.63) is 112 Å². The van der Waals surface area contributed by atoms with Gasteiger partial charge in [-0.15, -0.1) is 0 Å². The van der Waals surface area contributed by atoms with Gasteiger partial charge in [0.1, 0.15) is 6.04 Å². The van der Waals surface area contributed by atoms with Gasteiger partial charge in [0, 0.05) is 46.8 Å². The summed E-state index contributed by atoms with van der Waals surface area (Å²) in [5.74, 6) is -1.49. The van der Waals surface area contributed by atoms with Gasteiger partial charge in [-0.1, -0.05) is 47.6 Å². The monoisotopic (exact) mass is 737 g/mol. The van der Waals surface area contributed by atoms with Crippen LogP contribution in [0, 0.1) is 0 Å². The molecular formula is C35H43N7O9S. The predicted octanol–water partition coefficient (Wildman–Crippen LogP) is 2.74. The minimum absolute atomic E-state index is 0.137. The number of amides is 3. The highest BCUT2D eigenvalue weighted by Gasteiger charge is 2.21. The predicted molar refractivity (Wildman–Crippen MR) is 191 cm³/mol. The summed E-state index contributed by atoms with van der Waals surface area (Å²) in [6.45, 7) is 2.51. The molecule has 1 atom stereocenters. The van der Waals surface area contributed by atoms with Crippen LogP contribution in [0.3, 0.4) is 0 Å². The number of hydrogen-bond donors (Lipinski definition) is 4. The van der Waals surface area contributed by atoms with Gasteiger partial charge in [-0.2, -0.15) is 0 Å². The third-order valence-corrected chi connectivity index (χ3v) is 8.33. The fourth-order valence-electron chi connectivity index (χ4n) is 4.67. The van der Waals surface area contributed by atoms with E-state index in [9.17, 15) is 27.6 Å². The highest BCUT2D eigenvalue weighted by molar-refractivity contribution is 7.89. The average Bonchev–Trinajstić information content (AvgIpc) is 3.15. The van der Waals surface area contributed by atoms with Crippen molar-refractivity contribution in [3.8, 4) is 0 Å². The molecule has 0 bridgehead atoms. The molecule has 3 rings (SSSR count). The molecule has 0 saturated carbocycles. The lowest BCUT2D eigenvalue weighted by Crippen LogP contribution is -2.47. The number of ether oxygens (including phenoxy) is 3. The maximum Gasteiger partial charge on any atom is 0.251 e. The molecule has 0 heterocycles. The molecular weight excluding hydrogens is 694 g/mol. The summed E-state index contributed by atoms with van der Waals surface area (Å²) in [6, 6.07) is 19.3. The van der Waals surface area contributed by atoms with Crippen LogP contribution in [0.25, 0.3) is 10.4 Å². The zero-order valence-corrected chi connectivity index (χ0v) is 29.4. The number of benzene rings is 3. The van der Waals surface area contributed by atoms with Crippen LogP contribution in [0.5, 0.6) is 0 Å². The van der Waals surface area contributed by atoms with E-state index in [2.05, 4.69) is 26.0 Å². The molecule has 3 amide bonds. The van der Waals surface area contributed by atoms with Crippen LogP contribution in [-0.2, 0) is 29.0 Å². The van der Waals surface area contributed by atoms with E-state index >= 15 is 0 Å². The molecule has 0 saturated heterocycles. The topological polar surface area (TPSA) is 241 Å². The van der Waals surface area contributed by atoms with E-state index in [1.54, 1.807) is 48.5 Å². The number of sulfonamides is 1. The Bertz CT molecular complexity index is 1750. The molecule has 278 valence electrons.